The van der Waals surface area contributed by atoms with Crippen LogP contribution in [0.25, 0.3) is 21.3 Å². The van der Waals surface area contributed by atoms with Gasteiger partial charge < -0.3 is 25.1 Å². The minimum absolute atomic E-state index is 0.0453. The van der Waals surface area contributed by atoms with Gasteiger partial charge in [-0.15, -0.1) is 11.3 Å². The summed E-state index contributed by atoms with van der Waals surface area (Å²) in [6.07, 6.45) is 4.32. The van der Waals surface area contributed by atoms with E-state index in [9.17, 15) is 14.4 Å². The number of nitrogen functional groups attached to an aromatic ring is 1. The number of fused-ring (bicyclic) bond motifs is 2. The van der Waals surface area contributed by atoms with Crippen LogP contribution in [0.15, 0.2) is 17.1 Å². The van der Waals surface area contributed by atoms with Crippen LogP contribution in [-0.2, 0) is 15.9 Å². The Hall–Kier alpha value is -3.47. The van der Waals surface area contributed by atoms with Crippen LogP contribution in [0.2, 0.25) is 0 Å². The number of carbonyl (C=O) groups excluding carboxylic acids is 2. The Morgan fingerprint density at radius 2 is 1.92 bits per heavy atom. The van der Waals surface area contributed by atoms with Gasteiger partial charge >= 0.3 is 12.1 Å². The van der Waals surface area contributed by atoms with Crippen molar-refractivity contribution in [2.24, 2.45) is 0 Å². The molecule has 3 N–H and O–H groups in total. The zero-order chi connectivity index (χ0) is 28.2. The van der Waals surface area contributed by atoms with Gasteiger partial charge in [-0.3, -0.25) is 4.79 Å². The Morgan fingerprint density at radius 1 is 1.21 bits per heavy atom. The molecule has 39 heavy (non-hydrogen) atoms. The maximum atomic E-state index is 16.3. The lowest BCUT2D eigenvalue weighted by atomic mass is 9.93. The number of rotatable bonds is 5. The number of aromatic nitrogens is 1. The number of benzene rings is 1. The van der Waals surface area contributed by atoms with Crippen molar-refractivity contribution in [1.82, 2.24) is 9.88 Å². The summed E-state index contributed by atoms with van der Waals surface area (Å²) in [5, 5.41) is 2.51. The smallest absolute Gasteiger partial charge is 0.408 e. The van der Waals surface area contributed by atoms with E-state index in [1.807, 2.05) is 0 Å². The van der Waals surface area contributed by atoms with Crippen LogP contribution in [-0.4, -0.2) is 28.8 Å². The molecule has 0 bridgehead atoms. The van der Waals surface area contributed by atoms with Crippen molar-refractivity contribution in [3.05, 3.63) is 50.1 Å². The summed E-state index contributed by atoms with van der Waals surface area (Å²) in [7, 11) is 0. The minimum Gasteiger partial charge on any atom is -0.462 e. The quantitative estimate of drug-likeness (QED) is 0.293. The van der Waals surface area contributed by atoms with E-state index in [2.05, 4.69) is 5.32 Å². The SMILES string of the molecule is CCOC(=O)c1cn(C2CC2)c2c(F)c(-c3cc4c(s3)CCCC4NC(=O)OC(C)(C)C)c(F)c(N)c2c1=O. The number of nitrogens with two attached hydrogens (primary N) is 1. The standard InChI is InChI=1S/C28H31F2N3O5S/c1-5-37-26(35)15-12-33(13-9-10-13)24-20(25(15)34)23(31)21(29)19(22(24)30)18-11-14-16(7-6-8-17(14)39-18)32-27(36)38-28(2,3)4/h11-13,16H,5-10,31H2,1-4H3,(H,32,36). The second-order valence-corrected chi connectivity index (χ2v) is 12.1. The molecule has 1 unspecified atom stereocenters. The van der Waals surface area contributed by atoms with Crippen LogP contribution < -0.4 is 16.5 Å². The Balaban J connectivity index is 1.64. The van der Waals surface area contributed by atoms with E-state index < -0.39 is 40.4 Å². The molecule has 2 aliphatic rings. The molecule has 11 heteroatoms. The predicted molar refractivity (Wildman–Crippen MR) is 145 cm³/mol. The highest BCUT2D eigenvalue weighted by atomic mass is 32.1. The lowest BCUT2D eigenvalue weighted by Gasteiger charge is -2.26. The van der Waals surface area contributed by atoms with Gasteiger partial charge in [-0.2, -0.15) is 0 Å². The number of hydrogen-bond donors (Lipinski definition) is 2. The fraction of sp³-hybridized carbons (Fsp3) is 0.464. The van der Waals surface area contributed by atoms with Crippen molar-refractivity contribution in [3.63, 3.8) is 0 Å². The monoisotopic (exact) mass is 559 g/mol. The Kier molecular flexibility index (Phi) is 6.90. The number of hydrogen-bond acceptors (Lipinski definition) is 7. The van der Waals surface area contributed by atoms with Crippen molar-refractivity contribution in [3.8, 4) is 10.4 Å². The van der Waals surface area contributed by atoms with E-state index in [1.54, 1.807) is 33.8 Å². The minimum atomic E-state index is -1.06. The van der Waals surface area contributed by atoms with E-state index in [-0.39, 0.29) is 40.7 Å². The molecule has 2 aliphatic carbocycles. The lowest BCUT2D eigenvalue weighted by molar-refractivity contribution is 0.0495. The normalized spacial score (nSPS) is 17.1. The number of alkyl carbamates (subject to hydrolysis) is 1. The molecular weight excluding hydrogens is 528 g/mol. The van der Waals surface area contributed by atoms with Gasteiger partial charge in [0.25, 0.3) is 0 Å². The number of nitrogens with one attached hydrogen (secondary N) is 1. The van der Waals surface area contributed by atoms with Crippen LogP contribution in [0.1, 0.15) is 86.3 Å². The summed E-state index contributed by atoms with van der Waals surface area (Å²) in [6, 6.07) is 1.17. The number of anilines is 1. The van der Waals surface area contributed by atoms with Crippen LogP contribution in [0.3, 0.4) is 0 Å². The Labute approximate surface area is 228 Å². The summed E-state index contributed by atoms with van der Waals surface area (Å²) in [6.45, 7) is 6.97. The average Bonchev–Trinajstić information content (AvgIpc) is 3.60. The molecule has 0 spiro atoms. The third-order valence-electron chi connectivity index (χ3n) is 6.87. The zero-order valence-electron chi connectivity index (χ0n) is 22.3. The lowest BCUT2D eigenvalue weighted by Crippen LogP contribution is -2.35. The maximum absolute atomic E-state index is 16.3. The first-order chi connectivity index (χ1) is 18.4. The van der Waals surface area contributed by atoms with Crippen molar-refractivity contribution < 1.29 is 27.8 Å². The fourth-order valence-corrected chi connectivity index (χ4v) is 6.35. The number of aryl methyl sites for hydroxylation is 1. The van der Waals surface area contributed by atoms with E-state index >= 15 is 8.78 Å². The molecule has 1 amide bonds. The third-order valence-corrected chi connectivity index (χ3v) is 8.10. The van der Waals surface area contributed by atoms with Gasteiger partial charge in [-0.05, 0) is 71.4 Å². The molecule has 0 saturated heterocycles. The third kappa shape index (κ3) is 4.99. The molecule has 3 aromatic rings. The summed E-state index contributed by atoms with van der Waals surface area (Å²) < 4.78 is 44.0. The second-order valence-electron chi connectivity index (χ2n) is 11.0. The number of halogens is 2. The van der Waals surface area contributed by atoms with Gasteiger partial charge in [0.2, 0.25) is 5.43 Å². The van der Waals surface area contributed by atoms with Crippen molar-refractivity contribution in [1.29, 1.82) is 0 Å². The van der Waals surface area contributed by atoms with Crippen LogP contribution in [0, 0.1) is 11.6 Å². The number of esters is 1. The Bertz CT molecular complexity index is 1550. The zero-order valence-corrected chi connectivity index (χ0v) is 23.1. The number of thiophene rings is 1. The highest BCUT2D eigenvalue weighted by Crippen LogP contribution is 2.45. The van der Waals surface area contributed by atoms with E-state index in [0.29, 0.717) is 17.7 Å². The van der Waals surface area contributed by atoms with Gasteiger partial charge in [0.05, 0.1) is 34.8 Å². The molecule has 1 saturated carbocycles. The summed E-state index contributed by atoms with van der Waals surface area (Å²) in [4.78, 5) is 39.4. The highest BCUT2D eigenvalue weighted by molar-refractivity contribution is 7.15. The molecule has 0 radical (unpaired) electrons. The van der Waals surface area contributed by atoms with Crippen LogP contribution in [0.5, 0.6) is 0 Å². The van der Waals surface area contributed by atoms with Gasteiger partial charge in [0.1, 0.15) is 11.2 Å². The molecule has 5 rings (SSSR count). The summed E-state index contributed by atoms with van der Waals surface area (Å²) in [5.41, 5.74) is 4.13. The highest BCUT2D eigenvalue weighted by Gasteiger charge is 2.34. The molecule has 0 aliphatic heterocycles. The van der Waals surface area contributed by atoms with Crippen molar-refractivity contribution in [2.45, 2.75) is 77.5 Å². The molecular formula is C28H31F2N3O5S. The topological polar surface area (TPSA) is 113 Å². The molecule has 2 heterocycles. The van der Waals surface area contributed by atoms with Crippen molar-refractivity contribution >= 4 is 40.0 Å². The Morgan fingerprint density at radius 3 is 2.56 bits per heavy atom. The molecule has 1 aromatic carbocycles. The van der Waals surface area contributed by atoms with Gasteiger partial charge in [-0.25, -0.2) is 18.4 Å². The van der Waals surface area contributed by atoms with Crippen molar-refractivity contribution in [2.75, 3.05) is 12.3 Å². The van der Waals surface area contributed by atoms with Gasteiger partial charge in [0, 0.05) is 22.0 Å². The first kappa shape index (κ1) is 27.1. The molecule has 2 aromatic heterocycles. The number of pyridine rings is 1. The second kappa shape index (κ2) is 9.93. The largest absolute Gasteiger partial charge is 0.462 e. The molecule has 1 atom stereocenters. The first-order valence-corrected chi connectivity index (χ1v) is 13.9. The van der Waals surface area contributed by atoms with Gasteiger partial charge in [0.15, 0.2) is 11.6 Å². The van der Waals surface area contributed by atoms with E-state index in [1.165, 1.54) is 22.1 Å². The fourth-order valence-electron chi connectivity index (χ4n) is 5.06. The number of nitrogens with zero attached hydrogens (tertiary/aromatic N) is 1. The summed E-state index contributed by atoms with van der Waals surface area (Å²) >= 11 is 1.24. The average molecular weight is 560 g/mol. The number of ether oxygens (including phenoxy) is 2. The van der Waals surface area contributed by atoms with Crippen LogP contribution in [0.4, 0.5) is 19.3 Å². The molecule has 8 nitrogen and oxygen atoms in total. The molecule has 208 valence electrons. The number of amides is 1. The molecule has 1 fully saturated rings. The predicted octanol–water partition coefficient (Wildman–Crippen LogP) is 6.00. The summed E-state index contributed by atoms with van der Waals surface area (Å²) in [5.74, 6) is -2.83. The first-order valence-electron chi connectivity index (χ1n) is 13.1. The van der Waals surface area contributed by atoms with E-state index in [0.717, 1.165) is 29.7 Å². The van der Waals surface area contributed by atoms with Gasteiger partial charge in [-0.1, -0.05) is 0 Å². The maximum Gasteiger partial charge on any atom is 0.408 e. The number of carbonyl (C=O) groups is 2. The van der Waals surface area contributed by atoms with Crippen LogP contribution >= 0.6 is 11.3 Å². The van der Waals surface area contributed by atoms with E-state index in [4.69, 9.17) is 15.2 Å².